The summed E-state index contributed by atoms with van der Waals surface area (Å²) in [4.78, 5) is 26.2. The van der Waals surface area contributed by atoms with Crippen molar-refractivity contribution in [1.82, 2.24) is 4.90 Å². The van der Waals surface area contributed by atoms with E-state index in [1.807, 2.05) is 49.1 Å². The molecule has 1 fully saturated rings. The lowest BCUT2D eigenvalue weighted by Crippen LogP contribution is -2.24. The Morgan fingerprint density at radius 1 is 1.24 bits per heavy atom. The molecule has 0 unspecified atom stereocenters. The first-order valence-corrected chi connectivity index (χ1v) is 8.76. The third-order valence-corrected chi connectivity index (χ3v) is 4.70. The summed E-state index contributed by atoms with van der Waals surface area (Å²) in [6.45, 7) is 5.22. The van der Waals surface area contributed by atoms with Crippen molar-refractivity contribution in [3.05, 3.63) is 63.7 Å². The second kappa shape index (κ2) is 7.28. The van der Waals surface area contributed by atoms with Gasteiger partial charge >= 0.3 is 0 Å². The van der Waals surface area contributed by atoms with Crippen molar-refractivity contribution in [2.75, 3.05) is 11.9 Å². The van der Waals surface area contributed by atoms with Crippen LogP contribution in [0.2, 0.25) is 5.02 Å². The van der Waals surface area contributed by atoms with Crippen LogP contribution in [-0.2, 0) is 11.3 Å². The van der Waals surface area contributed by atoms with Crippen LogP contribution in [0.3, 0.4) is 0 Å². The number of nitrogens with zero attached hydrogens (tertiary/aromatic N) is 1. The van der Waals surface area contributed by atoms with Crippen molar-refractivity contribution in [2.45, 2.75) is 33.2 Å². The predicted octanol–water partition coefficient (Wildman–Crippen LogP) is 4.33. The highest BCUT2D eigenvalue weighted by molar-refractivity contribution is 6.34. The standard InChI is InChI=1S/C20H21ClN2O2/c1-13-9-14(2)19(17(21)10-13)22-20(25)16-6-3-5-15(11-16)12-23-8-4-7-18(23)24/h3,5-6,9-11H,4,7-8,12H2,1-2H3,(H,22,25). The number of carbonyl (C=O) groups is 2. The quantitative estimate of drug-likeness (QED) is 0.886. The Hall–Kier alpha value is -2.33. The Balaban J connectivity index is 1.77. The first kappa shape index (κ1) is 17.5. The zero-order chi connectivity index (χ0) is 18.0. The van der Waals surface area contributed by atoms with Crippen molar-refractivity contribution >= 4 is 29.1 Å². The largest absolute Gasteiger partial charge is 0.338 e. The summed E-state index contributed by atoms with van der Waals surface area (Å²) in [7, 11) is 0. The zero-order valence-corrected chi connectivity index (χ0v) is 15.2. The minimum absolute atomic E-state index is 0.178. The number of benzene rings is 2. The first-order valence-electron chi connectivity index (χ1n) is 8.39. The molecule has 0 aromatic heterocycles. The van der Waals surface area contributed by atoms with Gasteiger partial charge in [-0.15, -0.1) is 0 Å². The minimum Gasteiger partial charge on any atom is -0.338 e. The van der Waals surface area contributed by atoms with E-state index in [2.05, 4.69) is 5.32 Å². The van der Waals surface area contributed by atoms with Gasteiger partial charge < -0.3 is 10.2 Å². The zero-order valence-electron chi connectivity index (χ0n) is 14.4. The number of carbonyl (C=O) groups excluding carboxylic acids is 2. The molecule has 1 N–H and O–H groups in total. The Bertz CT molecular complexity index is 809. The molecule has 1 heterocycles. The molecule has 2 aromatic rings. The molecule has 3 rings (SSSR count). The van der Waals surface area contributed by atoms with E-state index < -0.39 is 0 Å². The number of amides is 2. The van der Waals surface area contributed by atoms with E-state index in [4.69, 9.17) is 11.6 Å². The van der Waals surface area contributed by atoms with Gasteiger partial charge in [0.2, 0.25) is 5.91 Å². The van der Waals surface area contributed by atoms with Gasteiger partial charge in [-0.25, -0.2) is 0 Å². The highest BCUT2D eigenvalue weighted by Crippen LogP contribution is 2.28. The molecule has 2 aromatic carbocycles. The molecule has 25 heavy (non-hydrogen) atoms. The smallest absolute Gasteiger partial charge is 0.255 e. The summed E-state index contributed by atoms with van der Waals surface area (Å²) >= 11 is 6.27. The molecule has 0 radical (unpaired) electrons. The number of anilines is 1. The molecule has 1 aliphatic heterocycles. The van der Waals surface area contributed by atoms with Gasteiger partial charge in [0.15, 0.2) is 0 Å². The fourth-order valence-electron chi connectivity index (χ4n) is 3.16. The molecule has 0 spiro atoms. The molecule has 2 amide bonds. The van der Waals surface area contributed by atoms with E-state index in [0.29, 0.717) is 29.2 Å². The van der Waals surface area contributed by atoms with Crippen LogP contribution in [0.15, 0.2) is 36.4 Å². The fourth-order valence-corrected chi connectivity index (χ4v) is 3.53. The summed E-state index contributed by atoms with van der Waals surface area (Å²) in [5, 5.41) is 3.43. The Labute approximate surface area is 152 Å². The van der Waals surface area contributed by atoms with E-state index in [0.717, 1.165) is 29.7 Å². The molecule has 1 saturated heterocycles. The molecule has 0 saturated carbocycles. The molecule has 5 heteroatoms. The van der Waals surface area contributed by atoms with E-state index in [-0.39, 0.29) is 11.8 Å². The number of nitrogens with one attached hydrogen (secondary N) is 1. The van der Waals surface area contributed by atoms with Gasteiger partial charge in [-0.2, -0.15) is 0 Å². The third-order valence-electron chi connectivity index (χ3n) is 4.40. The van der Waals surface area contributed by atoms with Gasteiger partial charge in [-0.3, -0.25) is 9.59 Å². The third kappa shape index (κ3) is 4.02. The van der Waals surface area contributed by atoms with Crippen molar-refractivity contribution in [1.29, 1.82) is 0 Å². The number of halogens is 1. The number of rotatable bonds is 4. The van der Waals surface area contributed by atoms with E-state index in [1.54, 1.807) is 6.07 Å². The molecular weight excluding hydrogens is 336 g/mol. The van der Waals surface area contributed by atoms with E-state index >= 15 is 0 Å². The maximum atomic E-state index is 12.6. The summed E-state index contributed by atoms with van der Waals surface area (Å²) in [6, 6.07) is 11.2. The van der Waals surface area contributed by atoms with Gasteiger partial charge in [0.05, 0.1) is 10.7 Å². The van der Waals surface area contributed by atoms with Gasteiger partial charge in [0.1, 0.15) is 0 Å². The summed E-state index contributed by atoms with van der Waals surface area (Å²) in [5.74, 6) is -0.0274. The van der Waals surface area contributed by atoms with Crippen molar-refractivity contribution < 1.29 is 9.59 Å². The van der Waals surface area contributed by atoms with Crippen LogP contribution in [0.4, 0.5) is 5.69 Å². The lowest BCUT2D eigenvalue weighted by Gasteiger charge is -2.16. The normalized spacial score (nSPS) is 14.0. The predicted molar refractivity (Wildman–Crippen MR) is 100.0 cm³/mol. The van der Waals surface area contributed by atoms with Gasteiger partial charge in [-0.05, 0) is 55.2 Å². The maximum Gasteiger partial charge on any atom is 0.255 e. The molecule has 1 aliphatic rings. The highest BCUT2D eigenvalue weighted by atomic mass is 35.5. The topological polar surface area (TPSA) is 49.4 Å². The van der Waals surface area contributed by atoms with Crippen molar-refractivity contribution in [3.63, 3.8) is 0 Å². The maximum absolute atomic E-state index is 12.6. The SMILES string of the molecule is Cc1cc(C)c(NC(=O)c2cccc(CN3CCCC3=O)c2)c(Cl)c1. The van der Waals surface area contributed by atoms with Crippen LogP contribution in [0, 0.1) is 13.8 Å². The van der Waals surface area contributed by atoms with Gasteiger partial charge in [0.25, 0.3) is 5.91 Å². The Kier molecular flexibility index (Phi) is 5.09. The molecule has 0 aliphatic carbocycles. The molecule has 0 bridgehead atoms. The Morgan fingerprint density at radius 2 is 2.04 bits per heavy atom. The Morgan fingerprint density at radius 3 is 2.72 bits per heavy atom. The van der Waals surface area contributed by atoms with Crippen LogP contribution in [0.25, 0.3) is 0 Å². The van der Waals surface area contributed by atoms with Crippen molar-refractivity contribution in [3.8, 4) is 0 Å². The summed E-state index contributed by atoms with van der Waals surface area (Å²) in [5.41, 5.74) is 4.13. The number of hydrogen-bond donors (Lipinski definition) is 1. The van der Waals surface area contributed by atoms with E-state index in [9.17, 15) is 9.59 Å². The van der Waals surface area contributed by atoms with Crippen molar-refractivity contribution in [2.24, 2.45) is 0 Å². The second-order valence-corrected chi connectivity index (χ2v) is 6.92. The van der Waals surface area contributed by atoms with Crippen LogP contribution < -0.4 is 5.32 Å². The highest BCUT2D eigenvalue weighted by Gasteiger charge is 2.20. The number of likely N-dealkylation sites (tertiary alicyclic amines) is 1. The van der Waals surface area contributed by atoms with Crippen LogP contribution in [-0.4, -0.2) is 23.3 Å². The molecule has 4 nitrogen and oxygen atoms in total. The van der Waals surface area contributed by atoms with Crippen LogP contribution in [0.5, 0.6) is 0 Å². The van der Waals surface area contributed by atoms with Crippen LogP contribution >= 0.6 is 11.6 Å². The fraction of sp³-hybridized carbons (Fsp3) is 0.300. The minimum atomic E-state index is -0.205. The first-order chi connectivity index (χ1) is 11.9. The summed E-state index contributed by atoms with van der Waals surface area (Å²) in [6.07, 6.45) is 1.52. The number of hydrogen-bond acceptors (Lipinski definition) is 2. The lowest BCUT2D eigenvalue weighted by atomic mass is 10.1. The number of aryl methyl sites for hydroxylation is 2. The van der Waals surface area contributed by atoms with Gasteiger partial charge in [-0.1, -0.05) is 29.8 Å². The molecular formula is C20H21ClN2O2. The lowest BCUT2D eigenvalue weighted by molar-refractivity contribution is -0.128. The molecule has 0 atom stereocenters. The average molecular weight is 357 g/mol. The second-order valence-electron chi connectivity index (χ2n) is 6.51. The monoisotopic (exact) mass is 356 g/mol. The average Bonchev–Trinajstić information content (AvgIpc) is 2.96. The van der Waals surface area contributed by atoms with E-state index in [1.165, 1.54) is 0 Å². The van der Waals surface area contributed by atoms with Crippen LogP contribution in [0.1, 0.15) is 39.9 Å². The summed E-state index contributed by atoms with van der Waals surface area (Å²) < 4.78 is 0. The van der Waals surface area contributed by atoms with Gasteiger partial charge in [0, 0.05) is 25.1 Å². The molecule has 130 valence electrons.